The standard InChI is InChI=1S/C26H21FN4O2/c1-16-12-20(17(2)31(16)22-9-10-23-19(13-22)4-3-11-28-23)14-24-25(32)30(26(33)29-24)15-18-5-7-21(27)8-6-18/h3-14H,15H2,1-2H3,(H,29,33)/b24-14+. The Labute approximate surface area is 190 Å². The van der Waals surface area contributed by atoms with Crippen molar-refractivity contribution in [2.75, 3.05) is 0 Å². The molecule has 33 heavy (non-hydrogen) atoms. The molecule has 4 aromatic rings. The van der Waals surface area contributed by atoms with Crippen molar-refractivity contribution >= 4 is 28.9 Å². The summed E-state index contributed by atoms with van der Waals surface area (Å²) in [5.74, 6) is -0.777. The van der Waals surface area contributed by atoms with E-state index in [9.17, 15) is 14.0 Å². The minimum absolute atomic E-state index is 0.0758. The zero-order valence-electron chi connectivity index (χ0n) is 18.2. The molecule has 0 saturated carbocycles. The number of amides is 3. The Balaban J connectivity index is 1.45. The van der Waals surface area contributed by atoms with E-state index in [2.05, 4.69) is 20.9 Å². The number of carbonyl (C=O) groups excluding carboxylic acids is 2. The molecule has 1 aliphatic rings. The highest BCUT2D eigenvalue weighted by molar-refractivity contribution is 6.14. The van der Waals surface area contributed by atoms with Crippen LogP contribution in [0.4, 0.5) is 9.18 Å². The second-order valence-electron chi connectivity index (χ2n) is 8.05. The van der Waals surface area contributed by atoms with E-state index in [-0.39, 0.29) is 18.1 Å². The van der Waals surface area contributed by atoms with Crippen molar-refractivity contribution in [1.29, 1.82) is 0 Å². The van der Waals surface area contributed by atoms with Gasteiger partial charge in [-0.3, -0.25) is 14.7 Å². The number of hydrogen-bond acceptors (Lipinski definition) is 3. The second kappa shape index (κ2) is 8.02. The van der Waals surface area contributed by atoms with E-state index in [0.717, 1.165) is 38.4 Å². The van der Waals surface area contributed by atoms with Gasteiger partial charge < -0.3 is 9.88 Å². The number of hydrogen-bond donors (Lipinski definition) is 1. The fourth-order valence-corrected chi connectivity index (χ4v) is 4.18. The van der Waals surface area contributed by atoms with Crippen LogP contribution in [-0.2, 0) is 11.3 Å². The van der Waals surface area contributed by atoms with Crippen LogP contribution in [-0.4, -0.2) is 26.4 Å². The van der Waals surface area contributed by atoms with Gasteiger partial charge in [0.25, 0.3) is 5.91 Å². The minimum atomic E-state index is -0.494. The summed E-state index contributed by atoms with van der Waals surface area (Å²) >= 11 is 0. The Bertz CT molecular complexity index is 1440. The molecule has 2 aromatic heterocycles. The molecular weight excluding hydrogens is 419 g/mol. The number of pyridine rings is 1. The van der Waals surface area contributed by atoms with Gasteiger partial charge in [0.15, 0.2) is 0 Å². The molecule has 0 atom stereocenters. The SMILES string of the molecule is Cc1cc(/C=C2/NC(=O)N(Cc3ccc(F)cc3)C2=O)c(C)n1-c1ccc2ncccc2c1. The maximum Gasteiger partial charge on any atom is 0.329 e. The van der Waals surface area contributed by atoms with E-state index >= 15 is 0 Å². The maximum atomic E-state index is 13.2. The zero-order chi connectivity index (χ0) is 23.1. The molecule has 0 unspecified atom stereocenters. The number of fused-ring (bicyclic) bond motifs is 1. The predicted molar refractivity (Wildman–Crippen MR) is 124 cm³/mol. The van der Waals surface area contributed by atoms with Crippen molar-refractivity contribution in [3.8, 4) is 5.69 Å². The fraction of sp³-hybridized carbons (Fsp3) is 0.115. The molecule has 7 heteroatoms. The molecule has 3 heterocycles. The molecule has 1 N–H and O–H groups in total. The highest BCUT2D eigenvalue weighted by Crippen LogP contribution is 2.26. The first-order valence-electron chi connectivity index (χ1n) is 10.5. The molecule has 1 aliphatic heterocycles. The Morgan fingerprint density at radius 1 is 1.03 bits per heavy atom. The van der Waals surface area contributed by atoms with Crippen LogP contribution in [0.1, 0.15) is 22.5 Å². The molecule has 1 fully saturated rings. The van der Waals surface area contributed by atoms with Crippen molar-refractivity contribution in [2.45, 2.75) is 20.4 Å². The van der Waals surface area contributed by atoms with Crippen molar-refractivity contribution in [1.82, 2.24) is 19.8 Å². The number of imide groups is 1. The molecule has 0 radical (unpaired) electrons. The van der Waals surface area contributed by atoms with Gasteiger partial charge in [-0.1, -0.05) is 18.2 Å². The van der Waals surface area contributed by atoms with E-state index in [1.54, 1.807) is 24.4 Å². The minimum Gasteiger partial charge on any atom is -0.318 e. The van der Waals surface area contributed by atoms with Gasteiger partial charge in [-0.05, 0) is 73.5 Å². The third-order valence-electron chi connectivity index (χ3n) is 5.83. The van der Waals surface area contributed by atoms with Crippen LogP contribution in [0.25, 0.3) is 22.7 Å². The van der Waals surface area contributed by atoms with Crippen LogP contribution in [0, 0.1) is 19.7 Å². The summed E-state index contributed by atoms with van der Waals surface area (Å²) < 4.78 is 15.3. The topological polar surface area (TPSA) is 67.2 Å². The van der Waals surface area contributed by atoms with Crippen LogP contribution >= 0.6 is 0 Å². The molecule has 3 amide bonds. The van der Waals surface area contributed by atoms with E-state index in [4.69, 9.17) is 0 Å². The van der Waals surface area contributed by atoms with Crippen LogP contribution in [0.2, 0.25) is 0 Å². The van der Waals surface area contributed by atoms with E-state index in [1.165, 1.54) is 12.1 Å². The number of aryl methyl sites for hydroxylation is 1. The summed E-state index contributed by atoms with van der Waals surface area (Å²) in [7, 11) is 0. The normalized spacial score (nSPS) is 15.0. The Hall–Kier alpha value is -4.26. The smallest absolute Gasteiger partial charge is 0.318 e. The van der Waals surface area contributed by atoms with Gasteiger partial charge in [0.2, 0.25) is 0 Å². The van der Waals surface area contributed by atoms with Crippen molar-refractivity contribution in [2.24, 2.45) is 0 Å². The highest BCUT2D eigenvalue weighted by atomic mass is 19.1. The van der Waals surface area contributed by atoms with Gasteiger partial charge in [-0.2, -0.15) is 0 Å². The van der Waals surface area contributed by atoms with Crippen molar-refractivity contribution in [3.63, 3.8) is 0 Å². The van der Waals surface area contributed by atoms with E-state index in [1.807, 2.05) is 44.2 Å². The summed E-state index contributed by atoms with van der Waals surface area (Å²) in [6.45, 7) is 4.05. The van der Waals surface area contributed by atoms with Crippen molar-refractivity contribution < 1.29 is 14.0 Å². The number of rotatable bonds is 4. The number of nitrogens with zero attached hydrogens (tertiary/aromatic N) is 3. The molecule has 0 aliphatic carbocycles. The van der Waals surface area contributed by atoms with Crippen LogP contribution in [0.15, 0.2) is 72.6 Å². The summed E-state index contributed by atoms with van der Waals surface area (Å²) in [6.07, 6.45) is 3.47. The van der Waals surface area contributed by atoms with Crippen LogP contribution < -0.4 is 5.32 Å². The zero-order valence-corrected chi connectivity index (χ0v) is 18.2. The molecule has 5 rings (SSSR count). The molecule has 2 aromatic carbocycles. The highest BCUT2D eigenvalue weighted by Gasteiger charge is 2.33. The second-order valence-corrected chi connectivity index (χ2v) is 8.05. The van der Waals surface area contributed by atoms with Gasteiger partial charge in [-0.25, -0.2) is 9.18 Å². The van der Waals surface area contributed by atoms with Gasteiger partial charge in [0.05, 0.1) is 12.1 Å². The summed E-state index contributed by atoms with van der Waals surface area (Å²) in [4.78, 5) is 30.8. The van der Waals surface area contributed by atoms with Gasteiger partial charge >= 0.3 is 6.03 Å². The molecule has 6 nitrogen and oxygen atoms in total. The Morgan fingerprint density at radius 3 is 2.61 bits per heavy atom. The lowest BCUT2D eigenvalue weighted by Gasteiger charge is -2.11. The first-order valence-corrected chi connectivity index (χ1v) is 10.5. The quantitative estimate of drug-likeness (QED) is 0.364. The van der Waals surface area contributed by atoms with Gasteiger partial charge in [-0.15, -0.1) is 0 Å². The van der Waals surface area contributed by atoms with Gasteiger partial charge in [0, 0.05) is 28.7 Å². The lowest BCUT2D eigenvalue weighted by Crippen LogP contribution is -2.30. The van der Waals surface area contributed by atoms with Crippen LogP contribution in [0.3, 0.4) is 0 Å². The maximum absolute atomic E-state index is 13.2. The summed E-state index contributed by atoms with van der Waals surface area (Å²) in [5, 5.41) is 3.70. The number of benzene rings is 2. The average molecular weight is 440 g/mol. The van der Waals surface area contributed by atoms with Gasteiger partial charge in [0.1, 0.15) is 11.5 Å². The number of carbonyl (C=O) groups is 2. The number of halogens is 1. The monoisotopic (exact) mass is 440 g/mol. The largest absolute Gasteiger partial charge is 0.329 e. The molecular formula is C26H21FN4O2. The molecule has 0 spiro atoms. The first-order chi connectivity index (χ1) is 15.9. The molecule has 0 bridgehead atoms. The van der Waals surface area contributed by atoms with E-state index < -0.39 is 11.9 Å². The third-order valence-corrected chi connectivity index (χ3v) is 5.83. The van der Waals surface area contributed by atoms with Crippen molar-refractivity contribution in [3.05, 3.63) is 101 Å². The number of nitrogens with one attached hydrogen (secondary N) is 1. The summed E-state index contributed by atoms with van der Waals surface area (Å²) in [5.41, 5.74) is 5.59. The first kappa shape index (κ1) is 20.6. The Kier molecular flexibility index (Phi) is 5.01. The Morgan fingerprint density at radius 2 is 1.82 bits per heavy atom. The predicted octanol–water partition coefficient (Wildman–Crippen LogP) is 4.87. The molecule has 1 saturated heterocycles. The molecule has 164 valence electrons. The lowest BCUT2D eigenvalue weighted by molar-refractivity contribution is -0.123. The third kappa shape index (κ3) is 3.78. The van der Waals surface area contributed by atoms with Crippen LogP contribution in [0.5, 0.6) is 0 Å². The lowest BCUT2D eigenvalue weighted by atomic mass is 10.2. The number of urea groups is 1. The average Bonchev–Trinajstić information content (AvgIpc) is 3.24. The number of aromatic nitrogens is 2. The summed E-state index contributed by atoms with van der Waals surface area (Å²) in [6, 6.07) is 17.2. The van der Waals surface area contributed by atoms with E-state index in [0.29, 0.717) is 5.56 Å². The fourth-order valence-electron chi connectivity index (χ4n) is 4.18.